The first kappa shape index (κ1) is 13.2. The van der Waals surface area contributed by atoms with Crippen LogP contribution in [-0.2, 0) is 13.0 Å². The number of nitrogens with zero attached hydrogens (tertiary/aromatic N) is 3. The Balaban J connectivity index is 1.83. The average Bonchev–Trinajstić information content (AvgIpc) is 2.47. The van der Waals surface area contributed by atoms with Crippen molar-refractivity contribution in [2.75, 3.05) is 23.3 Å². The fraction of sp³-hybridized carbons (Fsp3) is 0.333. The van der Waals surface area contributed by atoms with Gasteiger partial charge in [-0.2, -0.15) is 4.98 Å². The molecule has 104 valence electrons. The van der Waals surface area contributed by atoms with Gasteiger partial charge in [-0.1, -0.05) is 17.7 Å². The monoisotopic (exact) mass is 288 g/mol. The first-order valence-corrected chi connectivity index (χ1v) is 7.23. The number of fused-ring (bicyclic) bond motifs is 1. The van der Waals surface area contributed by atoms with Crippen molar-refractivity contribution in [1.82, 2.24) is 9.97 Å². The second-order valence-corrected chi connectivity index (χ2v) is 5.29. The van der Waals surface area contributed by atoms with E-state index in [0.29, 0.717) is 5.95 Å². The van der Waals surface area contributed by atoms with Crippen LogP contribution in [0.25, 0.3) is 0 Å². The predicted molar refractivity (Wildman–Crippen MR) is 82.4 cm³/mol. The second kappa shape index (κ2) is 5.67. The maximum atomic E-state index is 6.04. The molecule has 1 aromatic carbocycles. The third-order valence-corrected chi connectivity index (χ3v) is 3.72. The van der Waals surface area contributed by atoms with Crippen LogP contribution < -0.4 is 10.2 Å². The third-order valence-electron chi connectivity index (χ3n) is 3.48. The normalized spacial score (nSPS) is 14.0. The lowest BCUT2D eigenvalue weighted by Crippen LogP contribution is -2.31. The van der Waals surface area contributed by atoms with Crippen molar-refractivity contribution >= 4 is 23.4 Å². The Bertz CT molecular complexity index is 615. The third kappa shape index (κ3) is 2.70. The molecular formula is C15H17ClN4. The Kier molecular flexibility index (Phi) is 3.74. The summed E-state index contributed by atoms with van der Waals surface area (Å²) in [6, 6.07) is 8.09. The second-order valence-electron chi connectivity index (χ2n) is 4.85. The molecule has 0 saturated heterocycles. The topological polar surface area (TPSA) is 41.1 Å². The highest BCUT2D eigenvalue weighted by Crippen LogP contribution is 2.25. The summed E-state index contributed by atoms with van der Waals surface area (Å²) in [5.74, 6) is 1.66. The van der Waals surface area contributed by atoms with E-state index in [4.69, 9.17) is 11.6 Å². The van der Waals surface area contributed by atoms with Crippen molar-refractivity contribution in [3.05, 3.63) is 46.6 Å². The van der Waals surface area contributed by atoms with E-state index < -0.39 is 0 Å². The van der Waals surface area contributed by atoms with Crippen molar-refractivity contribution < 1.29 is 0 Å². The van der Waals surface area contributed by atoms with E-state index in [2.05, 4.69) is 32.3 Å². The van der Waals surface area contributed by atoms with Crippen LogP contribution >= 0.6 is 11.6 Å². The Labute approximate surface area is 123 Å². The molecule has 0 unspecified atom stereocenters. The lowest BCUT2D eigenvalue weighted by atomic mass is 10.00. The number of halogens is 1. The lowest BCUT2D eigenvalue weighted by molar-refractivity contribution is 0.719. The van der Waals surface area contributed by atoms with Gasteiger partial charge in [-0.15, -0.1) is 0 Å². The minimum Gasteiger partial charge on any atom is -0.354 e. The zero-order valence-electron chi connectivity index (χ0n) is 11.4. The maximum Gasteiger partial charge on any atom is 0.224 e. The molecule has 0 aliphatic carbocycles. The zero-order chi connectivity index (χ0) is 13.9. The molecule has 0 saturated carbocycles. The van der Waals surface area contributed by atoms with Crippen molar-refractivity contribution in [3.63, 3.8) is 0 Å². The van der Waals surface area contributed by atoms with E-state index in [1.165, 1.54) is 11.1 Å². The van der Waals surface area contributed by atoms with Gasteiger partial charge in [0.2, 0.25) is 5.95 Å². The molecule has 4 nitrogen and oxygen atoms in total. The predicted octanol–water partition coefficient (Wildman–Crippen LogP) is 3.12. The standard InChI is InChI=1S/C15H17ClN4/c1-2-17-15-18-7-5-14(19-15)20-8-6-11-9-13(16)4-3-12(11)10-20/h3-5,7,9H,2,6,8,10H2,1H3,(H,17,18,19). The van der Waals surface area contributed by atoms with Gasteiger partial charge in [-0.25, -0.2) is 4.98 Å². The number of benzene rings is 1. The van der Waals surface area contributed by atoms with E-state index in [1.54, 1.807) is 6.20 Å². The number of hydrogen-bond acceptors (Lipinski definition) is 4. The smallest absolute Gasteiger partial charge is 0.224 e. The van der Waals surface area contributed by atoms with E-state index in [9.17, 15) is 0 Å². The number of aromatic nitrogens is 2. The fourth-order valence-corrected chi connectivity index (χ4v) is 2.68. The van der Waals surface area contributed by atoms with Gasteiger partial charge in [0.15, 0.2) is 0 Å². The summed E-state index contributed by atoms with van der Waals surface area (Å²) in [5.41, 5.74) is 2.67. The molecule has 0 radical (unpaired) electrons. The molecular weight excluding hydrogens is 272 g/mol. The van der Waals surface area contributed by atoms with Crippen LogP contribution in [0.4, 0.5) is 11.8 Å². The quantitative estimate of drug-likeness (QED) is 0.942. The van der Waals surface area contributed by atoms with Crippen molar-refractivity contribution in [2.45, 2.75) is 19.9 Å². The van der Waals surface area contributed by atoms with Gasteiger partial charge in [0.1, 0.15) is 5.82 Å². The molecule has 0 fully saturated rings. The van der Waals surface area contributed by atoms with E-state index in [0.717, 1.165) is 36.9 Å². The summed E-state index contributed by atoms with van der Waals surface area (Å²) in [6.45, 7) is 4.69. The van der Waals surface area contributed by atoms with E-state index in [1.807, 2.05) is 19.1 Å². The first-order valence-electron chi connectivity index (χ1n) is 6.85. The first-order chi connectivity index (χ1) is 9.76. The van der Waals surface area contributed by atoms with Crippen LogP contribution in [0.2, 0.25) is 5.02 Å². The molecule has 0 bridgehead atoms. The van der Waals surface area contributed by atoms with Crippen LogP contribution in [0.5, 0.6) is 0 Å². The van der Waals surface area contributed by atoms with Gasteiger partial charge in [-0.05, 0) is 42.7 Å². The number of rotatable bonds is 3. The highest BCUT2D eigenvalue weighted by atomic mass is 35.5. The molecule has 0 atom stereocenters. The summed E-state index contributed by atoms with van der Waals surface area (Å²) in [5, 5.41) is 3.96. The van der Waals surface area contributed by atoms with Crippen LogP contribution in [0, 0.1) is 0 Å². The Morgan fingerprint density at radius 1 is 1.30 bits per heavy atom. The minimum atomic E-state index is 0.687. The van der Waals surface area contributed by atoms with Crippen molar-refractivity contribution in [2.24, 2.45) is 0 Å². The SMILES string of the molecule is CCNc1nccc(N2CCc3cc(Cl)ccc3C2)n1. The molecule has 1 aromatic heterocycles. The highest BCUT2D eigenvalue weighted by molar-refractivity contribution is 6.30. The van der Waals surface area contributed by atoms with E-state index in [-0.39, 0.29) is 0 Å². The van der Waals surface area contributed by atoms with Gasteiger partial charge in [0, 0.05) is 30.9 Å². The molecule has 1 aliphatic rings. The molecule has 2 heterocycles. The molecule has 1 aliphatic heterocycles. The molecule has 2 aromatic rings. The van der Waals surface area contributed by atoms with Crippen LogP contribution in [-0.4, -0.2) is 23.1 Å². The van der Waals surface area contributed by atoms with Gasteiger partial charge >= 0.3 is 0 Å². The Morgan fingerprint density at radius 2 is 2.20 bits per heavy atom. The molecule has 0 amide bonds. The van der Waals surface area contributed by atoms with Gasteiger partial charge < -0.3 is 10.2 Å². The zero-order valence-corrected chi connectivity index (χ0v) is 12.2. The summed E-state index contributed by atoms with van der Waals surface area (Å²) >= 11 is 6.04. The summed E-state index contributed by atoms with van der Waals surface area (Å²) < 4.78 is 0. The Morgan fingerprint density at radius 3 is 3.05 bits per heavy atom. The highest BCUT2D eigenvalue weighted by Gasteiger charge is 2.18. The van der Waals surface area contributed by atoms with Gasteiger partial charge in [0.05, 0.1) is 0 Å². The molecule has 5 heteroatoms. The van der Waals surface area contributed by atoms with Crippen LogP contribution in [0.3, 0.4) is 0 Å². The molecule has 1 N–H and O–H groups in total. The van der Waals surface area contributed by atoms with Gasteiger partial charge in [0.25, 0.3) is 0 Å². The summed E-state index contributed by atoms with van der Waals surface area (Å²) in [7, 11) is 0. The van der Waals surface area contributed by atoms with E-state index >= 15 is 0 Å². The number of hydrogen-bond donors (Lipinski definition) is 1. The fourth-order valence-electron chi connectivity index (χ4n) is 2.49. The molecule has 3 rings (SSSR count). The summed E-state index contributed by atoms with van der Waals surface area (Å²) in [4.78, 5) is 11.0. The van der Waals surface area contributed by atoms with Crippen LogP contribution in [0.1, 0.15) is 18.1 Å². The number of anilines is 2. The van der Waals surface area contributed by atoms with Crippen molar-refractivity contribution in [1.29, 1.82) is 0 Å². The summed E-state index contributed by atoms with van der Waals surface area (Å²) in [6.07, 6.45) is 2.80. The Hall–Kier alpha value is -1.81. The van der Waals surface area contributed by atoms with Crippen LogP contribution in [0.15, 0.2) is 30.5 Å². The minimum absolute atomic E-state index is 0.687. The molecule has 0 spiro atoms. The lowest BCUT2D eigenvalue weighted by Gasteiger charge is -2.30. The molecule has 20 heavy (non-hydrogen) atoms. The van der Waals surface area contributed by atoms with Gasteiger partial charge in [-0.3, -0.25) is 0 Å². The largest absolute Gasteiger partial charge is 0.354 e. The number of nitrogens with one attached hydrogen (secondary N) is 1. The average molecular weight is 289 g/mol. The van der Waals surface area contributed by atoms with Crippen molar-refractivity contribution in [3.8, 4) is 0 Å². The maximum absolute atomic E-state index is 6.04.